The zero-order valence-electron chi connectivity index (χ0n) is 10.4. The van der Waals surface area contributed by atoms with Crippen LogP contribution in [0, 0.1) is 10.1 Å². The van der Waals surface area contributed by atoms with Gasteiger partial charge in [0, 0.05) is 6.07 Å². The number of aromatic hydroxyl groups is 1. The first-order valence-electron chi connectivity index (χ1n) is 5.65. The van der Waals surface area contributed by atoms with E-state index in [0.717, 1.165) is 0 Å². The van der Waals surface area contributed by atoms with Crippen LogP contribution in [-0.4, -0.2) is 16.3 Å². The molecule has 2 rings (SSSR count). The largest absolute Gasteiger partial charge is 0.507 e. The van der Waals surface area contributed by atoms with Gasteiger partial charge in [-0.05, 0) is 30.3 Å². The quantitative estimate of drug-likeness (QED) is 0.396. The van der Waals surface area contributed by atoms with E-state index >= 15 is 0 Å². The summed E-state index contributed by atoms with van der Waals surface area (Å²) in [4.78, 5) is 20.8. The van der Waals surface area contributed by atoms with Gasteiger partial charge in [0.1, 0.15) is 10.8 Å². The van der Waals surface area contributed by atoms with Gasteiger partial charge in [0.05, 0.1) is 21.9 Å². The lowest BCUT2D eigenvalue weighted by Gasteiger charge is -1.98. The van der Waals surface area contributed by atoms with Crippen LogP contribution in [0.5, 0.6) is 5.75 Å². The monoisotopic (exact) mass is 305 g/mol. The Morgan fingerprint density at radius 3 is 2.38 bits per heavy atom. The molecular formula is C13H8ClN3O4. The zero-order chi connectivity index (χ0) is 15.4. The molecule has 0 fully saturated rings. The second kappa shape index (κ2) is 6.10. The molecule has 8 heteroatoms. The smallest absolute Gasteiger partial charge is 0.290 e. The lowest BCUT2D eigenvalue weighted by atomic mass is 10.2. The molecule has 0 spiro atoms. The summed E-state index contributed by atoms with van der Waals surface area (Å²) in [7, 11) is 0. The van der Waals surface area contributed by atoms with Crippen LogP contribution in [0.2, 0.25) is 5.02 Å². The number of hydrogen-bond acceptors (Lipinski definition) is 6. The van der Waals surface area contributed by atoms with Gasteiger partial charge in [-0.1, -0.05) is 11.6 Å². The lowest BCUT2D eigenvalue weighted by Crippen LogP contribution is -1.87. The summed E-state index contributed by atoms with van der Waals surface area (Å²) in [5.74, 6) is -0.161. The number of azo groups is 1. The van der Waals surface area contributed by atoms with E-state index in [0.29, 0.717) is 12.0 Å². The second-order valence-electron chi connectivity index (χ2n) is 3.95. The summed E-state index contributed by atoms with van der Waals surface area (Å²) in [5.41, 5.74) is 0.375. The molecule has 0 unspecified atom stereocenters. The first-order chi connectivity index (χ1) is 10.0. The van der Waals surface area contributed by atoms with Crippen molar-refractivity contribution in [2.24, 2.45) is 10.2 Å². The molecule has 0 aliphatic carbocycles. The van der Waals surface area contributed by atoms with Crippen LogP contribution in [0.15, 0.2) is 46.6 Å². The summed E-state index contributed by atoms with van der Waals surface area (Å²) in [5, 5.41) is 27.8. The van der Waals surface area contributed by atoms with Crippen molar-refractivity contribution in [2.75, 3.05) is 0 Å². The normalized spacial score (nSPS) is 10.7. The third-order valence-corrected chi connectivity index (χ3v) is 2.87. The zero-order valence-corrected chi connectivity index (χ0v) is 11.2. The minimum Gasteiger partial charge on any atom is -0.507 e. The lowest BCUT2D eigenvalue weighted by molar-refractivity contribution is -0.384. The third kappa shape index (κ3) is 3.40. The number of aldehydes is 1. The number of carbonyl (C=O) groups is 1. The fourth-order valence-electron chi connectivity index (χ4n) is 1.52. The fourth-order valence-corrected chi connectivity index (χ4v) is 1.70. The summed E-state index contributed by atoms with van der Waals surface area (Å²) in [6.45, 7) is 0. The molecule has 1 N–H and O–H groups in total. The Labute approximate surface area is 123 Å². The number of hydrogen-bond donors (Lipinski definition) is 1. The second-order valence-corrected chi connectivity index (χ2v) is 4.36. The highest BCUT2D eigenvalue weighted by molar-refractivity contribution is 6.32. The third-order valence-electron chi connectivity index (χ3n) is 2.55. The Hall–Kier alpha value is -2.80. The van der Waals surface area contributed by atoms with Crippen molar-refractivity contribution < 1.29 is 14.8 Å². The maximum atomic E-state index is 10.8. The van der Waals surface area contributed by atoms with Gasteiger partial charge in [-0.25, -0.2) is 0 Å². The first kappa shape index (κ1) is 14.6. The number of nitro groups is 1. The average molecular weight is 306 g/mol. The van der Waals surface area contributed by atoms with Crippen LogP contribution in [-0.2, 0) is 0 Å². The predicted molar refractivity (Wildman–Crippen MR) is 75.8 cm³/mol. The van der Waals surface area contributed by atoms with Gasteiger partial charge in [0.2, 0.25) is 0 Å². The number of benzene rings is 2. The molecule has 0 bridgehead atoms. The van der Waals surface area contributed by atoms with Crippen molar-refractivity contribution in [3.63, 3.8) is 0 Å². The summed E-state index contributed by atoms with van der Waals surface area (Å²) >= 11 is 5.68. The Bertz CT molecular complexity index is 746. The SMILES string of the molecule is O=Cc1cc(N=Nc2ccc(Cl)c([N+](=O)[O-])c2)ccc1O. The number of nitrogens with zero attached hydrogens (tertiary/aromatic N) is 3. The van der Waals surface area contributed by atoms with Crippen molar-refractivity contribution in [3.8, 4) is 5.75 Å². The number of rotatable bonds is 4. The maximum absolute atomic E-state index is 10.8. The van der Waals surface area contributed by atoms with Gasteiger partial charge < -0.3 is 5.11 Å². The first-order valence-corrected chi connectivity index (χ1v) is 6.03. The van der Waals surface area contributed by atoms with Crippen molar-refractivity contribution in [1.82, 2.24) is 0 Å². The van der Waals surface area contributed by atoms with E-state index in [9.17, 15) is 20.0 Å². The summed E-state index contributed by atoms with van der Waals surface area (Å²) in [6, 6.07) is 8.11. The van der Waals surface area contributed by atoms with E-state index in [1.165, 1.54) is 36.4 Å². The summed E-state index contributed by atoms with van der Waals surface area (Å²) < 4.78 is 0. The Kier molecular flexibility index (Phi) is 4.24. The van der Waals surface area contributed by atoms with E-state index in [1.807, 2.05) is 0 Å². The molecule has 21 heavy (non-hydrogen) atoms. The number of carbonyl (C=O) groups excluding carboxylic acids is 1. The standard InChI is InChI=1S/C13H8ClN3O4/c14-11-3-1-10(6-12(11)17(20)21)16-15-9-2-4-13(19)8(5-9)7-18/h1-7,19H. The van der Waals surface area contributed by atoms with Gasteiger partial charge in [-0.15, -0.1) is 0 Å². The molecule has 0 saturated heterocycles. The van der Waals surface area contributed by atoms with Crippen molar-refractivity contribution >= 4 is 34.9 Å². The van der Waals surface area contributed by atoms with Crippen molar-refractivity contribution in [3.05, 3.63) is 57.1 Å². The van der Waals surface area contributed by atoms with Crippen LogP contribution >= 0.6 is 11.6 Å². The van der Waals surface area contributed by atoms with Gasteiger partial charge in [-0.3, -0.25) is 14.9 Å². The molecule has 0 atom stereocenters. The summed E-state index contributed by atoms with van der Waals surface area (Å²) in [6.07, 6.45) is 0.488. The van der Waals surface area contributed by atoms with Crippen LogP contribution in [0.1, 0.15) is 10.4 Å². The molecule has 0 saturated carbocycles. The van der Waals surface area contributed by atoms with E-state index in [1.54, 1.807) is 0 Å². The Morgan fingerprint density at radius 2 is 1.76 bits per heavy atom. The topological polar surface area (TPSA) is 105 Å². The van der Waals surface area contributed by atoms with Crippen LogP contribution in [0.25, 0.3) is 0 Å². The van der Waals surface area contributed by atoms with Crippen molar-refractivity contribution in [1.29, 1.82) is 0 Å². The van der Waals surface area contributed by atoms with Gasteiger partial charge >= 0.3 is 0 Å². The minimum absolute atomic E-state index is 0.00632. The minimum atomic E-state index is -0.619. The highest BCUT2D eigenvalue weighted by Crippen LogP contribution is 2.30. The number of nitro benzene ring substituents is 1. The van der Waals surface area contributed by atoms with Gasteiger partial charge in [-0.2, -0.15) is 10.2 Å². The predicted octanol–water partition coefficient (Wildman–Crippen LogP) is 4.18. The number of halogens is 1. The van der Waals surface area contributed by atoms with Crippen LogP contribution in [0.4, 0.5) is 17.1 Å². The molecule has 0 amide bonds. The molecular weight excluding hydrogens is 298 g/mol. The van der Waals surface area contributed by atoms with Crippen LogP contribution < -0.4 is 0 Å². The Balaban J connectivity index is 2.31. The fraction of sp³-hybridized carbons (Fsp3) is 0. The number of phenols is 1. The van der Waals surface area contributed by atoms with Gasteiger partial charge in [0.25, 0.3) is 5.69 Å². The van der Waals surface area contributed by atoms with Gasteiger partial charge in [0.15, 0.2) is 6.29 Å². The van der Waals surface area contributed by atoms with Crippen LogP contribution in [0.3, 0.4) is 0 Å². The molecule has 2 aromatic carbocycles. The molecule has 0 aromatic heterocycles. The van der Waals surface area contributed by atoms with Crippen molar-refractivity contribution in [2.45, 2.75) is 0 Å². The molecule has 106 valence electrons. The van der Waals surface area contributed by atoms with E-state index in [4.69, 9.17) is 11.6 Å². The average Bonchev–Trinajstić information content (AvgIpc) is 2.47. The molecule has 0 radical (unpaired) electrons. The molecule has 0 aliphatic heterocycles. The molecule has 7 nitrogen and oxygen atoms in total. The highest BCUT2D eigenvalue weighted by atomic mass is 35.5. The number of phenolic OH excluding ortho intramolecular Hbond substituents is 1. The molecule has 0 aliphatic rings. The Morgan fingerprint density at radius 1 is 1.14 bits per heavy atom. The molecule has 2 aromatic rings. The van der Waals surface area contributed by atoms with E-state index in [2.05, 4.69) is 10.2 Å². The van der Waals surface area contributed by atoms with E-state index < -0.39 is 4.92 Å². The maximum Gasteiger partial charge on any atom is 0.290 e. The molecule has 0 heterocycles. The highest BCUT2D eigenvalue weighted by Gasteiger charge is 2.12. The van der Waals surface area contributed by atoms with E-state index in [-0.39, 0.29) is 27.7 Å².